The van der Waals surface area contributed by atoms with Crippen LogP contribution in [0, 0.1) is 11.6 Å². The number of likely N-dealkylation sites (tertiary alicyclic amines) is 1. The smallest absolute Gasteiger partial charge is 0.410 e. The highest BCUT2D eigenvalue weighted by molar-refractivity contribution is 5.97. The Morgan fingerprint density at radius 2 is 2.00 bits per heavy atom. The van der Waals surface area contributed by atoms with E-state index in [1.807, 2.05) is 0 Å². The van der Waals surface area contributed by atoms with Gasteiger partial charge in [0.15, 0.2) is 11.6 Å². The van der Waals surface area contributed by atoms with Crippen molar-refractivity contribution in [3.63, 3.8) is 0 Å². The molecule has 1 N–H and O–H groups in total. The molecule has 0 saturated carbocycles. The zero-order valence-corrected chi connectivity index (χ0v) is 16.5. The number of fused-ring (bicyclic) bond motifs is 1. The maximum atomic E-state index is 13.5. The molecule has 0 aromatic heterocycles. The molecule has 4 heterocycles. The molecular formula is C21H20F2N4O4. The molecule has 4 aliphatic heterocycles. The second-order valence-corrected chi connectivity index (χ2v) is 7.97. The molecule has 2 saturated heterocycles. The summed E-state index contributed by atoms with van der Waals surface area (Å²) in [6.45, 7) is 1.39. The number of carbonyl (C=O) groups is 2. The number of halogens is 2. The molecule has 0 unspecified atom stereocenters. The van der Waals surface area contributed by atoms with E-state index in [0.717, 1.165) is 17.8 Å². The second-order valence-electron chi connectivity index (χ2n) is 7.97. The lowest BCUT2D eigenvalue weighted by Crippen LogP contribution is -2.49. The summed E-state index contributed by atoms with van der Waals surface area (Å²) in [5, 5.41) is 1.52. The van der Waals surface area contributed by atoms with Gasteiger partial charge in [-0.3, -0.25) is 9.69 Å². The van der Waals surface area contributed by atoms with Gasteiger partial charge in [-0.2, -0.15) is 4.94 Å². The fraction of sp³-hybridized carbons (Fsp3) is 0.333. The van der Waals surface area contributed by atoms with Crippen molar-refractivity contribution >= 4 is 12.0 Å². The highest BCUT2D eigenvalue weighted by Gasteiger charge is 2.47. The van der Waals surface area contributed by atoms with Gasteiger partial charge in [0, 0.05) is 44.2 Å². The van der Waals surface area contributed by atoms with Crippen LogP contribution >= 0.6 is 0 Å². The highest BCUT2D eigenvalue weighted by Crippen LogP contribution is 2.35. The normalized spacial score (nSPS) is 21.6. The Morgan fingerprint density at radius 1 is 1.19 bits per heavy atom. The number of piperidine rings is 1. The Labute approximate surface area is 176 Å². The van der Waals surface area contributed by atoms with E-state index in [9.17, 15) is 18.4 Å². The Bertz CT molecular complexity index is 1030. The number of ether oxygens (including phenoxy) is 1. The van der Waals surface area contributed by atoms with Crippen molar-refractivity contribution in [2.45, 2.75) is 25.0 Å². The fourth-order valence-electron chi connectivity index (χ4n) is 4.20. The minimum atomic E-state index is -0.948. The molecule has 2 amide bonds. The maximum Gasteiger partial charge on any atom is 0.410 e. The molecule has 162 valence electrons. The van der Waals surface area contributed by atoms with Crippen molar-refractivity contribution in [2.24, 2.45) is 0 Å². The lowest BCUT2D eigenvalue weighted by Gasteiger charge is -2.37. The Kier molecular flexibility index (Phi) is 4.66. The summed E-state index contributed by atoms with van der Waals surface area (Å²) >= 11 is 0. The van der Waals surface area contributed by atoms with Crippen LogP contribution in [0.5, 0.6) is 0 Å². The number of nitrogens with zero attached hydrogens (tertiary/aromatic N) is 3. The lowest BCUT2D eigenvalue weighted by molar-refractivity contribution is -0.130. The first-order chi connectivity index (χ1) is 14.9. The van der Waals surface area contributed by atoms with Gasteiger partial charge in [-0.25, -0.2) is 24.1 Å². The lowest BCUT2D eigenvalue weighted by atomic mass is 9.90. The first-order valence-corrected chi connectivity index (χ1v) is 9.95. The van der Waals surface area contributed by atoms with E-state index in [4.69, 9.17) is 9.68 Å². The van der Waals surface area contributed by atoms with Crippen LogP contribution < -0.4 is 5.48 Å². The average Bonchev–Trinajstić information content (AvgIpc) is 3.35. The summed E-state index contributed by atoms with van der Waals surface area (Å²) in [6.07, 6.45) is 7.29. The van der Waals surface area contributed by atoms with Crippen LogP contribution in [0.15, 0.2) is 54.0 Å². The monoisotopic (exact) mass is 430 g/mol. The number of rotatable bonds is 3. The van der Waals surface area contributed by atoms with E-state index in [1.165, 1.54) is 16.0 Å². The molecule has 2 fully saturated rings. The average molecular weight is 430 g/mol. The third kappa shape index (κ3) is 3.63. The first-order valence-electron chi connectivity index (χ1n) is 9.95. The summed E-state index contributed by atoms with van der Waals surface area (Å²) in [4.78, 5) is 33.6. The van der Waals surface area contributed by atoms with Gasteiger partial charge in [0.25, 0.3) is 5.91 Å². The number of hydrogen-bond acceptors (Lipinski definition) is 6. The molecular weight excluding hydrogens is 410 g/mol. The first kappa shape index (κ1) is 19.6. The summed E-state index contributed by atoms with van der Waals surface area (Å²) in [5.41, 5.74) is 3.72. The number of carbonyl (C=O) groups excluding carboxylic acids is 2. The van der Waals surface area contributed by atoms with Crippen LogP contribution in [0.3, 0.4) is 0 Å². The molecule has 31 heavy (non-hydrogen) atoms. The van der Waals surface area contributed by atoms with Gasteiger partial charge >= 0.3 is 6.09 Å². The van der Waals surface area contributed by atoms with Crippen molar-refractivity contribution < 1.29 is 28.0 Å². The van der Waals surface area contributed by atoms with Crippen LogP contribution in [0.1, 0.15) is 18.4 Å². The Morgan fingerprint density at radius 3 is 2.77 bits per heavy atom. The number of benzene rings is 1. The maximum absolute atomic E-state index is 13.5. The fourth-order valence-corrected chi connectivity index (χ4v) is 4.20. The summed E-state index contributed by atoms with van der Waals surface area (Å²) in [7, 11) is 0. The predicted molar refractivity (Wildman–Crippen MR) is 103 cm³/mol. The molecule has 0 radical (unpaired) electrons. The van der Waals surface area contributed by atoms with Gasteiger partial charge in [-0.15, -0.1) is 0 Å². The Balaban J connectivity index is 1.21. The van der Waals surface area contributed by atoms with Gasteiger partial charge in [-0.05, 0) is 29.8 Å². The van der Waals surface area contributed by atoms with E-state index >= 15 is 0 Å². The van der Waals surface area contributed by atoms with Crippen molar-refractivity contribution in [1.82, 2.24) is 20.3 Å². The summed E-state index contributed by atoms with van der Waals surface area (Å²) < 4.78 is 32.3. The van der Waals surface area contributed by atoms with Gasteiger partial charge in [-0.1, -0.05) is 6.07 Å². The van der Waals surface area contributed by atoms with Crippen LogP contribution in [0.2, 0.25) is 0 Å². The van der Waals surface area contributed by atoms with Crippen LogP contribution in [0.4, 0.5) is 13.6 Å². The van der Waals surface area contributed by atoms with Crippen LogP contribution in [-0.4, -0.2) is 52.1 Å². The van der Waals surface area contributed by atoms with Gasteiger partial charge in [0.05, 0.1) is 18.4 Å². The highest BCUT2D eigenvalue weighted by atomic mass is 19.2. The molecule has 0 aliphatic carbocycles. The molecule has 0 bridgehead atoms. The predicted octanol–water partition coefficient (Wildman–Crippen LogP) is 2.33. The number of allylic oxidation sites excluding steroid dienone is 1. The SMILES string of the molecule is O=C1OC2(CCN(C(=O)C3=CC4=CNON4C=C3)CC2)CN1Cc1ccc(F)c(F)c1. The minimum absolute atomic E-state index is 0.0958. The topological polar surface area (TPSA) is 74.3 Å². The van der Waals surface area contributed by atoms with Crippen LogP contribution in [-0.2, 0) is 21.0 Å². The third-order valence-electron chi connectivity index (χ3n) is 5.91. The van der Waals surface area contributed by atoms with E-state index in [1.54, 1.807) is 29.5 Å². The van der Waals surface area contributed by atoms with Gasteiger partial charge < -0.3 is 9.64 Å². The molecule has 4 aliphatic rings. The van der Waals surface area contributed by atoms with E-state index in [-0.39, 0.29) is 12.5 Å². The summed E-state index contributed by atoms with van der Waals surface area (Å²) in [6, 6.07) is 3.58. The minimum Gasteiger partial charge on any atom is -0.441 e. The zero-order chi connectivity index (χ0) is 21.6. The molecule has 8 nitrogen and oxygen atoms in total. The quantitative estimate of drug-likeness (QED) is 0.794. The molecule has 10 heteroatoms. The summed E-state index contributed by atoms with van der Waals surface area (Å²) in [5.74, 6) is -1.97. The molecule has 1 aromatic rings. The molecule has 1 aromatic carbocycles. The van der Waals surface area contributed by atoms with E-state index < -0.39 is 23.3 Å². The van der Waals surface area contributed by atoms with Gasteiger partial charge in [0.2, 0.25) is 0 Å². The number of hydroxylamine groups is 3. The number of amides is 2. The number of hydrogen-bond donors (Lipinski definition) is 1. The third-order valence-corrected chi connectivity index (χ3v) is 5.91. The van der Waals surface area contributed by atoms with Crippen molar-refractivity contribution in [1.29, 1.82) is 0 Å². The standard InChI is InChI=1S/C21H20F2N4O4/c22-17-2-1-14(9-18(17)23)12-26-13-21(30-20(26)29)4-7-25(8-5-21)19(28)15-3-6-27-16(10-15)11-24-31-27/h1-3,6,9-11,24H,4-5,7-8,12-13H2. The Hall–Kier alpha value is -3.40. The number of nitrogens with one attached hydrogen (secondary N) is 1. The second kappa shape index (κ2) is 7.38. The molecule has 0 atom stereocenters. The van der Waals surface area contributed by atoms with Crippen molar-refractivity contribution in [3.8, 4) is 0 Å². The molecule has 1 spiro atoms. The van der Waals surface area contributed by atoms with Crippen LogP contribution in [0.25, 0.3) is 0 Å². The molecule has 5 rings (SSSR count). The van der Waals surface area contributed by atoms with E-state index in [0.29, 0.717) is 43.6 Å². The van der Waals surface area contributed by atoms with Crippen molar-refractivity contribution in [3.05, 3.63) is 71.2 Å². The van der Waals surface area contributed by atoms with Gasteiger partial charge in [0.1, 0.15) is 5.60 Å². The van der Waals surface area contributed by atoms with E-state index in [2.05, 4.69) is 5.48 Å². The zero-order valence-electron chi connectivity index (χ0n) is 16.5. The largest absolute Gasteiger partial charge is 0.441 e. The van der Waals surface area contributed by atoms with Crippen molar-refractivity contribution in [2.75, 3.05) is 19.6 Å².